The highest BCUT2D eigenvalue weighted by molar-refractivity contribution is 5.93. The van der Waals surface area contributed by atoms with Crippen LogP contribution in [0.15, 0.2) is 42.5 Å². The van der Waals surface area contributed by atoms with E-state index in [1.807, 2.05) is 0 Å². The first-order valence-corrected chi connectivity index (χ1v) is 7.78. The van der Waals surface area contributed by atoms with Crippen LogP contribution in [0.1, 0.15) is 24.0 Å². The zero-order chi connectivity index (χ0) is 18.4. The number of rotatable bonds is 7. The molecule has 6 heteroatoms. The number of nitrogens with one attached hydrogen (secondary N) is 1. The maximum Gasteiger partial charge on any atom is 0.310 e. The summed E-state index contributed by atoms with van der Waals surface area (Å²) in [6.07, 6.45) is 0.0753. The molecule has 0 aliphatic carbocycles. The van der Waals surface area contributed by atoms with E-state index >= 15 is 0 Å². The van der Waals surface area contributed by atoms with E-state index in [1.54, 1.807) is 49.4 Å². The Morgan fingerprint density at radius 1 is 1.08 bits per heavy atom. The molecular weight excluding hydrogens is 322 g/mol. The van der Waals surface area contributed by atoms with Gasteiger partial charge in [-0.25, -0.2) is 0 Å². The van der Waals surface area contributed by atoms with Crippen molar-refractivity contribution >= 4 is 17.6 Å². The molecule has 0 bridgehead atoms. The van der Waals surface area contributed by atoms with Crippen molar-refractivity contribution in [2.45, 2.75) is 19.3 Å². The number of carboxylic acids is 1. The molecule has 6 nitrogen and oxygen atoms in total. The van der Waals surface area contributed by atoms with Crippen molar-refractivity contribution in [3.63, 3.8) is 0 Å². The molecule has 1 atom stereocenters. The largest absolute Gasteiger partial charge is 0.496 e. The topological polar surface area (TPSA) is 84.9 Å². The molecule has 2 rings (SSSR count). The summed E-state index contributed by atoms with van der Waals surface area (Å²) < 4.78 is 10.6. The fraction of sp³-hybridized carbons (Fsp3) is 0.263. The molecule has 0 radical (unpaired) electrons. The molecule has 0 aliphatic heterocycles. The van der Waals surface area contributed by atoms with Gasteiger partial charge in [0.15, 0.2) is 0 Å². The fourth-order valence-electron chi connectivity index (χ4n) is 2.50. The van der Waals surface area contributed by atoms with Crippen molar-refractivity contribution in [2.24, 2.45) is 0 Å². The lowest BCUT2D eigenvalue weighted by Crippen LogP contribution is -2.16. The summed E-state index contributed by atoms with van der Waals surface area (Å²) in [6, 6.07) is 12.1. The van der Waals surface area contributed by atoms with Crippen molar-refractivity contribution in [3.8, 4) is 11.5 Å². The van der Waals surface area contributed by atoms with Crippen LogP contribution < -0.4 is 14.8 Å². The van der Waals surface area contributed by atoms with Gasteiger partial charge in [-0.1, -0.05) is 18.2 Å². The van der Waals surface area contributed by atoms with E-state index in [4.69, 9.17) is 14.6 Å². The minimum Gasteiger partial charge on any atom is -0.496 e. The van der Waals surface area contributed by atoms with E-state index in [1.165, 1.54) is 14.2 Å². The summed E-state index contributed by atoms with van der Waals surface area (Å²) in [6.45, 7) is 1.60. The highest BCUT2D eigenvalue weighted by Crippen LogP contribution is 2.29. The number of aliphatic carboxylic acids is 1. The summed E-state index contributed by atoms with van der Waals surface area (Å²) in [5.74, 6) is -0.665. The van der Waals surface area contributed by atoms with Gasteiger partial charge in [0.05, 0.1) is 26.6 Å². The lowest BCUT2D eigenvalue weighted by molar-refractivity contribution is -0.138. The van der Waals surface area contributed by atoms with E-state index in [-0.39, 0.29) is 12.3 Å². The molecule has 0 aliphatic rings. The highest BCUT2D eigenvalue weighted by Gasteiger charge is 2.16. The second-order valence-electron chi connectivity index (χ2n) is 5.55. The van der Waals surface area contributed by atoms with Gasteiger partial charge in [0, 0.05) is 11.3 Å². The number of carboxylic acid groups (broad SMARTS) is 1. The molecule has 0 spiro atoms. The Kier molecular flexibility index (Phi) is 6.00. The standard InChI is InChI=1S/C19H21NO5/c1-12(19(22)23)13-6-4-7-14(10-13)20-18(21)11-15-16(24-2)8-5-9-17(15)25-3/h4-10,12H,11H2,1-3H3,(H,20,21)(H,22,23). The van der Waals surface area contributed by atoms with Gasteiger partial charge in [0.2, 0.25) is 5.91 Å². The Labute approximate surface area is 146 Å². The molecule has 1 amide bonds. The number of carbonyl (C=O) groups excluding carboxylic acids is 1. The third-order valence-electron chi connectivity index (χ3n) is 3.91. The first kappa shape index (κ1) is 18.3. The van der Waals surface area contributed by atoms with Crippen molar-refractivity contribution < 1.29 is 24.2 Å². The molecular formula is C19H21NO5. The lowest BCUT2D eigenvalue weighted by Gasteiger charge is -2.14. The summed E-state index contributed by atoms with van der Waals surface area (Å²) >= 11 is 0. The molecule has 132 valence electrons. The predicted octanol–water partition coefficient (Wildman–Crippen LogP) is 3.07. The third-order valence-corrected chi connectivity index (χ3v) is 3.91. The van der Waals surface area contributed by atoms with Gasteiger partial charge < -0.3 is 19.9 Å². The van der Waals surface area contributed by atoms with Crippen LogP contribution in [0.3, 0.4) is 0 Å². The van der Waals surface area contributed by atoms with E-state index in [9.17, 15) is 9.59 Å². The van der Waals surface area contributed by atoms with Gasteiger partial charge in [-0.05, 0) is 36.8 Å². The maximum absolute atomic E-state index is 12.4. The number of hydrogen-bond acceptors (Lipinski definition) is 4. The number of amides is 1. The van der Waals surface area contributed by atoms with Crippen LogP contribution >= 0.6 is 0 Å². The molecule has 1 unspecified atom stereocenters. The van der Waals surface area contributed by atoms with Crippen molar-refractivity contribution in [1.29, 1.82) is 0 Å². The van der Waals surface area contributed by atoms with Crippen molar-refractivity contribution in [2.75, 3.05) is 19.5 Å². The molecule has 0 saturated heterocycles. The third kappa shape index (κ3) is 4.50. The minimum absolute atomic E-state index is 0.0753. The molecule has 2 aromatic carbocycles. The van der Waals surface area contributed by atoms with Crippen LogP contribution in [0.5, 0.6) is 11.5 Å². The minimum atomic E-state index is -0.915. The second-order valence-corrected chi connectivity index (χ2v) is 5.55. The van der Waals surface area contributed by atoms with Gasteiger partial charge in [-0.3, -0.25) is 9.59 Å². The zero-order valence-electron chi connectivity index (χ0n) is 14.4. The van der Waals surface area contributed by atoms with E-state index < -0.39 is 11.9 Å². The maximum atomic E-state index is 12.4. The molecule has 0 aromatic heterocycles. The lowest BCUT2D eigenvalue weighted by atomic mass is 10.0. The number of carbonyl (C=O) groups is 2. The predicted molar refractivity (Wildman–Crippen MR) is 94.4 cm³/mol. The fourth-order valence-corrected chi connectivity index (χ4v) is 2.50. The molecule has 0 heterocycles. The summed E-state index contributed by atoms with van der Waals surface area (Å²) in [5, 5.41) is 11.9. The SMILES string of the molecule is COc1cccc(OC)c1CC(=O)Nc1cccc(C(C)C(=O)O)c1. The Bertz CT molecular complexity index is 750. The Balaban J connectivity index is 2.16. The smallest absolute Gasteiger partial charge is 0.310 e. The monoisotopic (exact) mass is 343 g/mol. The van der Waals surface area contributed by atoms with Crippen LogP contribution in [-0.4, -0.2) is 31.2 Å². The number of anilines is 1. The van der Waals surface area contributed by atoms with Gasteiger partial charge >= 0.3 is 5.97 Å². The summed E-state index contributed by atoms with van der Waals surface area (Å²) in [4.78, 5) is 23.5. The van der Waals surface area contributed by atoms with Gasteiger partial charge in [-0.15, -0.1) is 0 Å². The Hall–Kier alpha value is -3.02. The highest BCUT2D eigenvalue weighted by atomic mass is 16.5. The van der Waals surface area contributed by atoms with Crippen LogP contribution in [0.2, 0.25) is 0 Å². The van der Waals surface area contributed by atoms with Crippen LogP contribution in [0.25, 0.3) is 0 Å². The number of ether oxygens (including phenoxy) is 2. The van der Waals surface area contributed by atoms with Crippen LogP contribution in [-0.2, 0) is 16.0 Å². The first-order chi connectivity index (χ1) is 12.0. The van der Waals surface area contributed by atoms with Crippen molar-refractivity contribution in [1.82, 2.24) is 0 Å². The van der Waals surface area contributed by atoms with Gasteiger partial charge in [-0.2, -0.15) is 0 Å². The van der Waals surface area contributed by atoms with E-state index in [0.29, 0.717) is 28.3 Å². The average molecular weight is 343 g/mol. The first-order valence-electron chi connectivity index (χ1n) is 7.78. The summed E-state index contributed by atoms with van der Waals surface area (Å²) in [5.41, 5.74) is 1.82. The second kappa shape index (κ2) is 8.19. The molecule has 2 aromatic rings. The molecule has 0 fully saturated rings. The Morgan fingerprint density at radius 2 is 1.68 bits per heavy atom. The quantitative estimate of drug-likeness (QED) is 0.807. The zero-order valence-corrected chi connectivity index (χ0v) is 14.4. The van der Waals surface area contributed by atoms with Crippen LogP contribution in [0.4, 0.5) is 5.69 Å². The Morgan fingerprint density at radius 3 is 2.24 bits per heavy atom. The molecule has 25 heavy (non-hydrogen) atoms. The van der Waals surface area contributed by atoms with E-state index in [0.717, 1.165) is 0 Å². The van der Waals surface area contributed by atoms with Gasteiger partial charge in [0.25, 0.3) is 0 Å². The van der Waals surface area contributed by atoms with Crippen molar-refractivity contribution in [3.05, 3.63) is 53.6 Å². The van der Waals surface area contributed by atoms with E-state index in [2.05, 4.69) is 5.32 Å². The number of benzene rings is 2. The normalized spacial score (nSPS) is 11.5. The van der Waals surface area contributed by atoms with Crippen LogP contribution in [0, 0.1) is 0 Å². The van der Waals surface area contributed by atoms with Gasteiger partial charge in [0.1, 0.15) is 11.5 Å². The number of hydrogen-bond donors (Lipinski definition) is 2. The molecule has 0 saturated carbocycles. The average Bonchev–Trinajstić information content (AvgIpc) is 2.61. The molecule has 2 N–H and O–H groups in total. The number of methoxy groups -OCH3 is 2. The summed E-state index contributed by atoms with van der Waals surface area (Å²) in [7, 11) is 3.07.